The van der Waals surface area contributed by atoms with E-state index in [1.807, 2.05) is 39.0 Å². The Kier molecular flexibility index (Phi) is 5.36. The number of carbonyl (C=O) groups excluding carboxylic acids is 1. The summed E-state index contributed by atoms with van der Waals surface area (Å²) in [7, 11) is 0. The van der Waals surface area contributed by atoms with E-state index < -0.39 is 22.3 Å². The third kappa shape index (κ3) is 4.76. The normalized spacial score (nSPS) is 11.0. The summed E-state index contributed by atoms with van der Waals surface area (Å²) in [6, 6.07) is 10.6. The molecule has 1 amide bonds. The lowest BCUT2D eigenvalue weighted by atomic mass is 9.86. The molecule has 0 bridgehead atoms. The standard InChI is InChI=1S/C18H19FN2O4/c1-18(2,3)13-6-4-5-7-16(13)25-11-17(22)20-12-8-9-14(19)15(10-12)21(23)24/h4-10H,11H2,1-3H3,(H,20,22). The third-order valence-electron chi connectivity index (χ3n) is 3.48. The summed E-state index contributed by atoms with van der Waals surface area (Å²) in [5.74, 6) is -0.863. The van der Waals surface area contributed by atoms with E-state index in [0.29, 0.717) is 5.75 Å². The van der Waals surface area contributed by atoms with Gasteiger partial charge in [0.1, 0.15) is 5.75 Å². The Bertz CT molecular complexity index is 800. The van der Waals surface area contributed by atoms with E-state index in [0.717, 1.165) is 17.7 Å². The predicted molar refractivity (Wildman–Crippen MR) is 92.3 cm³/mol. The van der Waals surface area contributed by atoms with Gasteiger partial charge >= 0.3 is 5.69 Å². The van der Waals surface area contributed by atoms with E-state index >= 15 is 0 Å². The second-order valence-electron chi connectivity index (χ2n) is 6.51. The summed E-state index contributed by atoms with van der Waals surface area (Å²) < 4.78 is 18.9. The van der Waals surface area contributed by atoms with Gasteiger partial charge in [0.25, 0.3) is 5.91 Å². The Morgan fingerprint density at radius 2 is 1.92 bits per heavy atom. The number of amides is 1. The highest BCUT2D eigenvalue weighted by Crippen LogP contribution is 2.31. The van der Waals surface area contributed by atoms with E-state index in [4.69, 9.17) is 4.74 Å². The van der Waals surface area contributed by atoms with E-state index in [1.54, 1.807) is 6.07 Å². The van der Waals surface area contributed by atoms with Gasteiger partial charge in [0.2, 0.25) is 5.82 Å². The largest absolute Gasteiger partial charge is 0.483 e. The second kappa shape index (κ2) is 7.29. The monoisotopic (exact) mass is 346 g/mol. The Morgan fingerprint density at radius 3 is 2.56 bits per heavy atom. The molecule has 0 aliphatic rings. The summed E-state index contributed by atoms with van der Waals surface area (Å²) in [4.78, 5) is 21.9. The molecule has 0 atom stereocenters. The van der Waals surface area contributed by atoms with Gasteiger partial charge in [-0.3, -0.25) is 14.9 Å². The van der Waals surface area contributed by atoms with Gasteiger partial charge in [0.15, 0.2) is 6.61 Å². The van der Waals surface area contributed by atoms with Crippen molar-refractivity contribution in [2.45, 2.75) is 26.2 Å². The zero-order chi connectivity index (χ0) is 18.6. The summed E-state index contributed by atoms with van der Waals surface area (Å²) >= 11 is 0. The highest BCUT2D eigenvalue weighted by molar-refractivity contribution is 5.92. The number of nitro benzene ring substituents is 1. The van der Waals surface area contributed by atoms with Crippen LogP contribution < -0.4 is 10.1 Å². The van der Waals surface area contributed by atoms with Gasteiger partial charge in [0.05, 0.1) is 4.92 Å². The lowest BCUT2D eigenvalue weighted by Crippen LogP contribution is -2.22. The Balaban J connectivity index is 2.05. The summed E-state index contributed by atoms with van der Waals surface area (Å²) in [5.41, 5.74) is 0.243. The summed E-state index contributed by atoms with van der Waals surface area (Å²) in [5, 5.41) is 13.2. The number of nitro groups is 1. The molecule has 0 unspecified atom stereocenters. The van der Waals surface area contributed by atoms with Crippen molar-refractivity contribution in [2.24, 2.45) is 0 Å². The minimum absolute atomic E-state index is 0.130. The maximum absolute atomic E-state index is 13.3. The molecule has 0 fully saturated rings. The number of hydrogen-bond acceptors (Lipinski definition) is 4. The summed E-state index contributed by atoms with van der Waals surface area (Å²) in [6.45, 7) is 5.84. The van der Waals surface area contributed by atoms with Crippen molar-refractivity contribution in [1.82, 2.24) is 0 Å². The van der Waals surface area contributed by atoms with Gasteiger partial charge in [-0.1, -0.05) is 39.0 Å². The molecule has 25 heavy (non-hydrogen) atoms. The lowest BCUT2D eigenvalue weighted by Gasteiger charge is -2.22. The van der Waals surface area contributed by atoms with E-state index in [2.05, 4.69) is 5.32 Å². The lowest BCUT2D eigenvalue weighted by molar-refractivity contribution is -0.387. The number of nitrogens with zero attached hydrogens (tertiary/aromatic N) is 1. The molecule has 6 nitrogen and oxygen atoms in total. The van der Waals surface area contributed by atoms with Gasteiger partial charge < -0.3 is 10.1 Å². The van der Waals surface area contributed by atoms with Crippen LogP contribution >= 0.6 is 0 Å². The quantitative estimate of drug-likeness (QED) is 0.654. The average Bonchev–Trinajstić information content (AvgIpc) is 2.54. The van der Waals surface area contributed by atoms with Crippen LogP contribution in [0.15, 0.2) is 42.5 Å². The van der Waals surface area contributed by atoms with Gasteiger partial charge in [-0.2, -0.15) is 4.39 Å². The Labute approximate surface area is 144 Å². The molecule has 0 aliphatic heterocycles. The van der Waals surface area contributed by atoms with Crippen LogP contribution in [-0.2, 0) is 10.2 Å². The third-order valence-corrected chi connectivity index (χ3v) is 3.48. The first-order chi connectivity index (χ1) is 11.7. The maximum atomic E-state index is 13.3. The van der Waals surface area contributed by atoms with Gasteiger partial charge in [-0.15, -0.1) is 0 Å². The van der Waals surface area contributed by atoms with Crippen LogP contribution in [-0.4, -0.2) is 17.4 Å². The number of anilines is 1. The Hall–Kier alpha value is -2.96. The first kappa shape index (κ1) is 18.4. The molecule has 132 valence electrons. The molecule has 7 heteroatoms. The van der Waals surface area contributed by atoms with Crippen LogP contribution in [0.3, 0.4) is 0 Å². The van der Waals surface area contributed by atoms with Crippen molar-refractivity contribution in [3.05, 3.63) is 64.0 Å². The van der Waals surface area contributed by atoms with Crippen molar-refractivity contribution >= 4 is 17.3 Å². The predicted octanol–water partition coefficient (Wildman–Crippen LogP) is 4.05. The van der Waals surface area contributed by atoms with Crippen LogP contribution in [0.2, 0.25) is 0 Å². The molecule has 0 aromatic heterocycles. The molecule has 0 spiro atoms. The first-order valence-electron chi connectivity index (χ1n) is 7.64. The first-order valence-corrected chi connectivity index (χ1v) is 7.64. The van der Waals surface area contributed by atoms with Crippen molar-refractivity contribution < 1.29 is 18.8 Å². The van der Waals surface area contributed by atoms with E-state index in [1.165, 1.54) is 6.07 Å². The smallest absolute Gasteiger partial charge is 0.306 e. The average molecular weight is 346 g/mol. The fourth-order valence-corrected chi connectivity index (χ4v) is 2.28. The molecule has 0 saturated carbocycles. The van der Waals surface area contributed by atoms with Crippen molar-refractivity contribution in [1.29, 1.82) is 0 Å². The molecule has 0 heterocycles. The van der Waals surface area contributed by atoms with Crippen LogP contribution in [0.4, 0.5) is 15.8 Å². The minimum Gasteiger partial charge on any atom is -0.483 e. The zero-order valence-electron chi connectivity index (χ0n) is 14.2. The van der Waals surface area contributed by atoms with Crippen molar-refractivity contribution in [3.63, 3.8) is 0 Å². The molecule has 0 aliphatic carbocycles. The Morgan fingerprint density at radius 1 is 1.24 bits per heavy atom. The van der Waals surface area contributed by atoms with E-state index in [9.17, 15) is 19.3 Å². The molecular weight excluding hydrogens is 327 g/mol. The zero-order valence-corrected chi connectivity index (χ0v) is 14.2. The van der Waals surface area contributed by atoms with Crippen LogP contribution in [0.1, 0.15) is 26.3 Å². The highest BCUT2D eigenvalue weighted by Gasteiger charge is 2.19. The summed E-state index contributed by atoms with van der Waals surface area (Å²) in [6.07, 6.45) is 0. The number of hydrogen-bond donors (Lipinski definition) is 1. The number of rotatable bonds is 5. The molecule has 2 aromatic carbocycles. The number of ether oxygens (including phenoxy) is 1. The van der Waals surface area contributed by atoms with E-state index in [-0.39, 0.29) is 17.7 Å². The number of benzene rings is 2. The molecule has 0 saturated heterocycles. The second-order valence-corrected chi connectivity index (χ2v) is 6.51. The van der Waals surface area contributed by atoms with Gasteiger partial charge in [-0.05, 0) is 29.2 Å². The maximum Gasteiger partial charge on any atom is 0.306 e. The van der Waals surface area contributed by atoms with Gasteiger partial charge in [0, 0.05) is 11.8 Å². The van der Waals surface area contributed by atoms with Crippen molar-refractivity contribution in [2.75, 3.05) is 11.9 Å². The molecular formula is C18H19FN2O4. The van der Waals surface area contributed by atoms with Crippen molar-refractivity contribution in [3.8, 4) is 5.75 Å². The molecule has 1 N–H and O–H groups in total. The van der Waals surface area contributed by atoms with Crippen LogP contribution in [0, 0.1) is 15.9 Å². The number of carbonyl (C=O) groups is 1. The number of para-hydroxylation sites is 1. The highest BCUT2D eigenvalue weighted by atomic mass is 19.1. The van der Waals surface area contributed by atoms with Gasteiger partial charge in [-0.25, -0.2) is 0 Å². The van der Waals surface area contributed by atoms with Crippen LogP contribution in [0.5, 0.6) is 5.75 Å². The number of halogens is 1. The molecule has 2 aromatic rings. The fourth-order valence-electron chi connectivity index (χ4n) is 2.28. The topological polar surface area (TPSA) is 81.5 Å². The number of nitrogens with one attached hydrogen (secondary N) is 1. The fraction of sp³-hybridized carbons (Fsp3) is 0.278. The SMILES string of the molecule is CC(C)(C)c1ccccc1OCC(=O)Nc1ccc(F)c([N+](=O)[O-])c1. The van der Waals surface area contributed by atoms with Crippen LogP contribution in [0.25, 0.3) is 0 Å². The minimum atomic E-state index is -0.960. The molecule has 0 radical (unpaired) electrons. The molecule has 2 rings (SSSR count).